The van der Waals surface area contributed by atoms with E-state index in [2.05, 4.69) is 51.4 Å². The minimum atomic E-state index is 0.408. The second-order valence-corrected chi connectivity index (χ2v) is 4.43. The SMILES string of the molecule is CC(C)C#Cc1cccc(C#CC(C)C)c1. The second kappa shape index (κ2) is 6.04. The van der Waals surface area contributed by atoms with Gasteiger partial charge in [-0.1, -0.05) is 57.4 Å². The third kappa shape index (κ3) is 4.72. The average molecular weight is 210 g/mol. The quantitative estimate of drug-likeness (QED) is 0.573. The lowest BCUT2D eigenvalue weighted by atomic mass is 10.1. The van der Waals surface area contributed by atoms with Gasteiger partial charge in [0.25, 0.3) is 0 Å². The summed E-state index contributed by atoms with van der Waals surface area (Å²) in [6.45, 7) is 8.37. The molecule has 0 radical (unpaired) electrons. The number of hydrogen-bond acceptors (Lipinski definition) is 0. The summed E-state index contributed by atoms with van der Waals surface area (Å²) in [5.74, 6) is 13.4. The fourth-order valence-corrected chi connectivity index (χ4v) is 1.13. The molecule has 0 nitrogen and oxygen atoms in total. The number of benzene rings is 1. The summed E-state index contributed by atoms with van der Waals surface area (Å²) < 4.78 is 0. The van der Waals surface area contributed by atoms with Gasteiger partial charge in [-0.2, -0.15) is 0 Å². The fraction of sp³-hybridized carbons (Fsp3) is 0.375. The fourth-order valence-electron chi connectivity index (χ4n) is 1.13. The Labute approximate surface area is 99.1 Å². The first-order chi connectivity index (χ1) is 7.58. The third-order valence-corrected chi connectivity index (χ3v) is 1.87. The maximum absolute atomic E-state index is 3.16. The van der Waals surface area contributed by atoms with Gasteiger partial charge >= 0.3 is 0 Å². The lowest BCUT2D eigenvalue weighted by molar-refractivity contribution is 0.866. The third-order valence-electron chi connectivity index (χ3n) is 1.87. The largest absolute Gasteiger partial charge is 0.0951 e. The van der Waals surface area contributed by atoms with E-state index in [-0.39, 0.29) is 0 Å². The van der Waals surface area contributed by atoms with Crippen molar-refractivity contribution in [3.8, 4) is 23.7 Å². The summed E-state index contributed by atoms with van der Waals surface area (Å²) in [7, 11) is 0. The molecular weight excluding hydrogens is 192 g/mol. The summed E-state index contributed by atoms with van der Waals surface area (Å²) >= 11 is 0. The van der Waals surface area contributed by atoms with Crippen LogP contribution in [0.25, 0.3) is 0 Å². The Bertz CT molecular complexity index is 415. The van der Waals surface area contributed by atoms with Crippen molar-refractivity contribution < 1.29 is 0 Å². The Balaban J connectivity index is 2.90. The standard InChI is InChI=1S/C16H18/c1-13(2)8-10-15-6-5-7-16(12-15)11-9-14(3)4/h5-7,12-14H,1-4H3. The van der Waals surface area contributed by atoms with Crippen LogP contribution in [-0.2, 0) is 0 Å². The van der Waals surface area contributed by atoms with Crippen LogP contribution < -0.4 is 0 Å². The van der Waals surface area contributed by atoms with Crippen LogP contribution in [0, 0.1) is 35.5 Å². The highest BCUT2D eigenvalue weighted by atomic mass is 13.9. The van der Waals surface area contributed by atoms with Crippen molar-refractivity contribution in [2.45, 2.75) is 27.7 Å². The van der Waals surface area contributed by atoms with Crippen molar-refractivity contribution in [1.82, 2.24) is 0 Å². The molecule has 0 unspecified atom stereocenters. The van der Waals surface area contributed by atoms with Crippen LogP contribution in [0.2, 0.25) is 0 Å². The monoisotopic (exact) mass is 210 g/mol. The number of hydrogen-bond donors (Lipinski definition) is 0. The van der Waals surface area contributed by atoms with E-state index in [1.165, 1.54) is 0 Å². The Kier molecular flexibility index (Phi) is 4.68. The van der Waals surface area contributed by atoms with Gasteiger partial charge in [0.15, 0.2) is 0 Å². The zero-order chi connectivity index (χ0) is 12.0. The van der Waals surface area contributed by atoms with Crippen LogP contribution in [0.5, 0.6) is 0 Å². The molecule has 0 fully saturated rings. The second-order valence-electron chi connectivity index (χ2n) is 4.43. The molecule has 0 N–H and O–H groups in total. The van der Waals surface area contributed by atoms with E-state index in [9.17, 15) is 0 Å². The van der Waals surface area contributed by atoms with Gasteiger partial charge in [0.1, 0.15) is 0 Å². The minimum Gasteiger partial charge on any atom is -0.0951 e. The molecule has 0 spiro atoms. The van der Waals surface area contributed by atoms with Crippen LogP contribution >= 0.6 is 0 Å². The van der Waals surface area contributed by atoms with Gasteiger partial charge in [0.2, 0.25) is 0 Å². The first-order valence-electron chi connectivity index (χ1n) is 5.71. The van der Waals surface area contributed by atoms with Crippen molar-refractivity contribution in [2.75, 3.05) is 0 Å². The van der Waals surface area contributed by atoms with Crippen molar-refractivity contribution in [3.05, 3.63) is 35.4 Å². The molecule has 16 heavy (non-hydrogen) atoms. The highest BCUT2D eigenvalue weighted by Crippen LogP contribution is 2.03. The smallest absolute Gasteiger partial charge is 0.0257 e. The highest BCUT2D eigenvalue weighted by Gasteiger charge is 1.90. The maximum atomic E-state index is 3.16. The van der Waals surface area contributed by atoms with Gasteiger partial charge < -0.3 is 0 Å². The molecule has 0 aliphatic carbocycles. The zero-order valence-electron chi connectivity index (χ0n) is 10.5. The summed E-state index contributed by atoms with van der Waals surface area (Å²) in [5.41, 5.74) is 2.09. The molecule has 0 atom stereocenters. The normalized spacial score (nSPS) is 9.38. The maximum Gasteiger partial charge on any atom is 0.0257 e. The molecule has 0 aliphatic heterocycles. The molecule has 0 amide bonds. The molecule has 82 valence electrons. The Hall–Kier alpha value is -1.66. The van der Waals surface area contributed by atoms with Crippen LogP contribution in [0.1, 0.15) is 38.8 Å². The molecule has 1 aromatic carbocycles. The van der Waals surface area contributed by atoms with E-state index in [4.69, 9.17) is 0 Å². The minimum absolute atomic E-state index is 0.408. The summed E-state index contributed by atoms with van der Waals surface area (Å²) in [6.07, 6.45) is 0. The predicted molar refractivity (Wildman–Crippen MR) is 69.9 cm³/mol. The van der Waals surface area contributed by atoms with E-state index < -0.39 is 0 Å². The van der Waals surface area contributed by atoms with Gasteiger partial charge in [0.05, 0.1) is 0 Å². The van der Waals surface area contributed by atoms with Crippen LogP contribution in [0.3, 0.4) is 0 Å². The van der Waals surface area contributed by atoms with Crippen LogP contribution in [-0.4, -0.2) is 0 Å². The van der Waals surface area contributed by atoms with Crippen LogP contribution in [0.4, 0.5) is 0 Å². The highest BCUT2D eigenvalue weighted by molar-refractivity contribution is 5.43. The van der Waals surface area contributed by atoms with Crippen molar-refractivity contribution >= 4 is 0 Å². The average Bonchev–Trinajstić information content (AvgIpc) is 2.24. The molecule has 0 aliphatic rings. The van der Waals surface area contributed by atoms with Gasteiger partial charge in [-0.25, -0.2) is 0 Å². The summed E-state index contributed by atoms with van der Waals surface area (Å²) in [6, 6.07) is 8.10. The topological polar surface area (TPSA) is 0 Å². The van der Waals surface area contributed by atoms with E-state index in [0.29, 0.717) is 11.8 Å². The zero-order valence-corrected chi connectivity index (χ0v) is 10.5. The van der Waals surface area contributed by atoms with Crippen molar-refractivity contribution in [2.24, 2.45) is 11.8 Å². The molecular formula is C16H18. The molecule has 0 saturated carbocycles. The Morgan fingerprint density at radius 1 is 0.812 bits per heavy atom. The van der Waals surface area contributed by atoms with Crippen molar-refractivity contribution in [1.29, 1.82) is 0 Å². The molecule has 1 aromatic rings. The van der Waals surface area contributed by atoms with Gasteiger partial charge in [0, 0.05) is 23.0 Å². The number of rotatable bonds is 0. The van der Waals surface area contributed by atoms with E-state index in [0.717, 1.165) is 11.1 Å². The van der Waals surface area contributed by atoms with Crippen molar-refractivity contribution in [3.63, 3.8) is 0 Å². The van der Waals surface area contributed by atoms with E-state index in [1.54, 1.807) is 0 Å². The summed E-state index contributed by atoms with van der Waals surface area (Å²) in [5, 5.41) is 0. The molecule has 0 bridgehead atoms. The molecule has 0 heterocycles. The lowest BCUT2D eigenvalue weighted by Gasteiger charge is -1.94. The summed E-state index contributed by atoms with van der Waals surface area (Å²) in [4.78, 5) is 0. The van der Waals surface area contributed by atoms with Gasteiger partial charge in [-0.15, -0.1) is 0 Å². The van der Waals surface area contributed by atoms with Gasteiger partial charge in [-0.05, 0) is 18.2 Å². The lowest BCUT2D eigenvalue weighted by Crippen LogP contribution is -1.83. The first-order valence-corrected chi connectivity index (χ1v) is 5.71. The molecule has 1 rings (SSSR count). The molecule has 0 heteroatoms. The predicted octanol–water partition coefficient (Wildman–Crippen LogP) is 3.70. The Morgan fingerprint density at radius 2 is 1.25 bits per heavy atom. The van der Waals surface area contributed by atoms with E-state index >= 15 is 0 Å². The molecule has 0 saturated heterocycles. The first kappa shape index (κ1) is 12.4. The van der Waals surface area contributed by atoms with Crippen LogP contribution in [0.15, 0.2) is 24.3 Å². The molecule has 0 aromatic heterocycles. The Morgan fingerprint density at radius 3 is 1.62 bits per heavy atom. The van der Waals surface area contributed by atoms with Gasteiger partial charge in [-0.3, -0.25) is 0 Å². The van der Waals surface area contributed by atoms with E-state index in [1.807, 2.05) is 24.3 Å².